The summed E-state index contributed by atoms with van der Waals surface area (Å²) in [6.07, 6.45) is 1.81. The Morgan fingerprint density at radius 3 is 2.80 bits per heavy atom. The predicted octanol–water partition coefficient (Wildman–Crippen LogP) is 3.27. The maximum absolute atomic E-state index is 11.4. The molecule has 0 bridgehead atoms. The first-order chi connectivity index (χ1) is 7.06. The summed E-state index contributed by atoms with van der Waals surface area (Å²) in [6.45, 7) is 5.98. The highest BCUT2D eigenvalue weighted by Gasteiger charge is 2.10. The van der Waals surface area contributed by atoms with E-state index >= 15 is 0 Å². The number of hydrogen-bond donors (Lipinski definition) is 0. The lowest BCUT2D eigenvalue weighted by molar-refractivity contribution is 0.101. The van der Waals surface area contributed by atoms with Crippen LogP contribution in [0.25, 0.3) is 0 Å². The molecule has 0 amide bonds. The van der Waals surface area contributed by atoms with E-state index in [1.807, 2.05) is 36.2 Å². The van der Waals surface area contributed by atoms with Crippen molar-refractivity contribution in [3.05, 3.63) is 40.9 Å². The number of nitrogens with zero attached hydrogens (tertiary/aromatic N) is 1. The van der Waals surface area contributed by atoms with Crippen molar-refractivity contribution >= 4 is 27.4 Å². The van der Waals surface area contributed by atoms with Gasteiger partial charge in [0.15, 0.2) is 5.78 Å². The van der Waals surface area contributed by atoms with E-state index in [1.165, 1.54) is 0 Å². The second-order valence-corrected chi connectivity index (χ2v) is 4.30. The van der Waals surface area contributed by atoms with Gasteiger partial charge in [-0.05, 0) is 25.1 Å². The van der Waals surface area contributed by atoms with Gasteiger partial charge in [0, 0.05) is 29.3 Å². The average Bonchev–Trinajstić information content (AvgIpc) is 2.17. The van der Waals surface area contributed by atoms with Crippen LogP contribution in [-0.2, 0) is 0 Å². The molecule has 0 atom stereocenters. The van der Waals surface area contributed by atoms with Crippen LogP contribution in [0.4, 0.5) is 5.69 Å². The second-order valence-electron chi connectivity index (χ2n) is 3.39. The van der Waals surface area contributed by atoms with Crippen molar-refractivity contribution in [3.63, 3.8) is 0 Å². The number of Topliss-reactive ketones (excluding diaryl/α,β-unsaturated/α-hetero) is 1. The highest BCUT2D eigenvalue weighted by molar-refractivity contribution is 9.10. The Morgan fingerprint density at radius 1 is 1.60 bits per heavy atom. The van der Waals surface area contributed by atoms with Gasteiger partial charge in [0.25, 0.3) is 0 Å². The van der Waals surface area contributed by atoms with Crippen molar-refractivity contribution in [2.45, 2.75) is 6.92 Å². The monoisotopic (exact) mass is 267 g/mol. The number of ketones is 1. The third-order valence-corrected chi connectivity index (χ3v) is 2.65. The van der Waals surface area contributed by atoms with Gasteiger partial charge in [-0.15, -0.1) is 6.58 Å². The Hall–Kier alpha value is -1.09. The van der Waals surface area contributed by atoms with E-state index in [2.05, 4.69) is 22.5 Å². The molecule has 0 N–H and O–H groups in total. The second kappa shape index (κ2) is 5.12. The molecule has 80 valence electrons. The fourth-order valence-corrected chi connectivity index (χ4v) is 1.76. The van der Waals surface area contributed by atoms with Crippen LogP contribution in [0.3, 0.4) is 0 Å². The summed E-state index contributed by atoms with van der Waals surface area (Å²) >= 11 is 3.40. The molecule has 0 aliphatic heterocycles. The number of carbonyl (C=O) groups is 1. The minimum absolute atomic E-state index is 0.0772. The largest absolute Gasteiger partial charge is 0.370 e. The molecule has 0 unspecified atom stereocenters. The molecule has 3 heteroatoms. The van der Waals surface area contributed by atoms with Gasteiger partial charge in [-0.25, -0.2) is 0 Å². The molecule has 0 saturated heterocycles. The van der Waals surface area contributed by atoms with Crippen LogP contribution in [0.5, 0.6) is 0 Å². The summed E-state index contributed by atoms with van der Waals surface area (Å²) < 4.78 is 0.971. The van der Waals surface area contributed by atoms with Crippen molar-refractivity contribution in [1.29, 1.82) is 0 Å². The zero-order chi connectivity index (χ0) is 11.4. The summed E-state index contributed by atoms with van der Waals surface area (Å²) in [7, 11) is 1.94. The smallest absolute Gasteiger partial charge is 0.161 e. The van der Waals surface area contributed by atoms with Crippen LogP contribution >= 0.6 is 15.9 Å². The van der Waals surface area contributed by atoms with Gasteiger partial charge in [-0.2, -0.15) is 0 Å². The van der Waals surface area contributed by atoms with Crippen LogP contribution in [-0.4, -0.2) is 19.4 Å². The van der Waals surface area contributed by atoms with Crippen LogP contribution < -0.4 is 4.90 Å². The van der Waals surface area contributed by atoms with E-state index in [0.29, 0.717) is 0 Å². The van der Waals surface area contributed by atoms with Crippen molar-refractivity contribution in [3.8, 4) is 0 Å². The first-order valence-corrected chi connectivity index (χ1v) is 5.48. The zero-order valence-electron chi connectivity index (χ0n) is 8.96. The van der Waals surface area contributed by atoms with Crippen molar-refractivity contribution in [1.82, 2.24) is 0 Å². The molecule has 0 aliphatic carbocycles. The molecule has 15 heavy (non-hydrogen) atoms. The average molecular weight is 268 g/mol. The highest BCUT2D eigenvalue weighted by Crippen LogP contribution is 2.24. The van der Waals surface area contributed by atoms with Crippen molar-refractivity contribution in [2.24, 2.45) is 0 Å². The minimum Gasteiger partial charge on any atom is -0.370 e. The molecule has 0 fully saturated rings. The number of rotatable bonds is 4. The van der Waals surface area contributed by atoms with E-state index in [0.717, 1.165) is 22.3 Å². The lowest BCUT2D eigenvalue weighted by Crippen LogP contribution is -2.19. The van der Waals surface area contributed by atoms with Crippen LogP contribution in [0.15, 0.2) is 35.3 Å². The van der Waals surface area contributed by atoms with E-state index in [1.54, 1.807) is 6.92 Å². The van der Waals surface area contributed by atoms with Gasteiger partial charge in [0.2, 0.25) is 0 Å². The molecule has 0 radical (unpaired) electrons. The lowest BCUT2D eigenvalue weighted by Gasteiger charge is -2.20. The van der Waals surface area contributed by atoms with Gasteiger partial charge in [-0.1, -0.05) is 22.0 Å². The van der Waals surface area contributed by atoms with Gasteiger partial charge in [-0.3, -0.25) is 4.79 Å². The van der Waals surface area contributed by atoms with Crippen LogP contribution in [0, 0.1) is 0 Å². The third-order valence-electron chi connectivity index (χ3n) is 2.15. The molecular formula is C12H14BrNO. The van der Waals surface area contributed by atoms with Crippen molar-refractivity contribution < 1.29 is 4.79 Å². The van der Waals surface area contributed by atoms with E-state index in [9.17, 15) is 4.79 Å². The number of benzene rings is 1. The Labute approximate surface area is 98.7 Å². The molecule has 0 saturated carbocycles. The fraction of sp³-hybridized carbons (Fsp3) is 0.250. The molecule has 1 aromatic rings. The summed E-state index contributed by atoms with van der Waals surface area (Å²) in [6, 6.07) is 5.66. The Bertz CT molecular complexity index is 387. The molecule has 1 rings (SSSR count). The third kappa shape index (κ3) is 2.93. The summed E-state index contributed by atoms with van der Waals surface area (Å²) in [5.74, 6) is 0.0772. The Morgan fingerprint density at radius 2 is 2.27 bits per heavy atom. The molecule has 0 spiro atoms. The van der Waals surface area contributed by atoms with Crippen LogP contribution in [0.1, 0.15) is 17.3 Å². The first kappa shape index (κ1) is 12.0. The summed E-state index contributed by atoms with van der Waals surface area (Å²) in [5, 5.41) is 0. The normalized spacial score (nSPS) is 9.80. The van der Waals surface area contributed by atoms with E-state index < -0.39 is 0 Å². The van der Waals surface area contributed by atoms with E-state index in [4.69, 9.17) is 0 Å². The fourth-order valence-electron chi connectivity index (χ4n) is 1.41. The summed E-state index contributed by atoms with van der Waals surface area (Å²) in [4.78, 5) is 13.4. The Kier molecular flexibility index (Phi) is 4.09. The molecule has 2 nitrogen and oxygen atoms in total. The predicted molar refractivity (Wildman–Crippen MR) is 67.6 cm³/mol. The van der Waals surface area contributed by atoms with Crippen molar-refractivity contribution in [2.75, 3.05) is 18.5 Å². The maximum atomic E-state index is 11.4. The number of carbonyl (C=O) groups excluding carboxylic acids is 1. The number of halogens is 1. The lowest BCUT2D eigenvalue weighted by atomic mass is 10.1. The number of hydrogen-bond acceptors (Lipinski definition) is 2. The molecule has 0 heterocycles. The topological polar surface area (TPSA) is 20.3 Å². The van der Waals surface area contributed by atoms with Gasteiger partial charge < -0.3 is 4.90 Å². The SMILES string of the molecule is C=CCN(C)c1cc(Br)ccc1C(C)=O. The maximum Gasteiger partial charge on any atom is 0.161 e. The van der Waals surface area contributed by atoms with E-state index in [-0.39, 0.29) is 5.78 Å². The Balaban J connectivity index is 3.17. The zero-order valence-corrected chi connectivity index (χ0v) is 10.5. The van der Waals surface area contributed by atoms with Gasteiger partial charge in [0.1, 0.15) is 0 Å². The summed E-state index contributed by atoms with van der Waals surface area (Å²) in [5.41, 5.74) is 1.67. The molecule has 1 aromatic carbocycles. The molecular weight excluding hydrogens is 254 g/mol. The van der Waals surface area contributed by atoms with Gasteiger partial charge >= 0.3 is 0 Å². The van der Waals surface area contributed by atoms with Gasteiger partial charge in [0.05, 0.1) is 0 Å². The minimum atomic E-state index is 0.0772. The highest BCUT2D eigenvalue weighted by atomic mass is 79.9. The number of anilines is 1. The van der Waals surface area contributed by atoms with Crippen LogP contribution in [0.2, 0.25) is 0 Å². The standard InChI is InChI=1S/C12H14BrNO/c1-4-7-14(3)12-8-10(13)5-6-11(12)9(2)15/h4-6,8H,1,7H2,2-3H3. The quantitative estimate of drug-likeness (QED) is 0.617. The molecule has 0 aliphatic rings. The number of likely N-dealkylation sites (N-methyl/N-ethyl adjacent to an activating group) is 1. The molecule has 0 aromatic heterocycles. The first-order valence-electron chi connectivity index (χ1n) is 4.68.